The quantitative estimate of drug-likeness (QED) is 0.320. The standard InChI is InChI=1S/C27H30N8OS/c1-15-22(23(19-8-9-19)32-14-31-15)24-30-13-21-26(34-24)35(16(2)18-4-3-5-18)27(36)25(33-21)29-12-17-6-10-20(37-28)11-7-17/h6-7,10-11,13-14,16,18-19H,3-5,8-9,12,28H2,1-2H3,(H,29,33)/t16-/m1/s1. The monoisotopic (exact) mass is 514 g/mol. The van der Waals surface area contributed by atoms with Crippen LogP contribution in [0.4, 0.5) is 5.82 Å². The second-order valence-electron chi connectivity index (χ2n) is 10.1. The molecule has 2 saturated carbocycles. The van der Waals surface area contributed by atoms with Crippen LogP contribution in [0.1, 0.15) is 67.9 Å². The van der Waals surface area contributed by atoms with Crippen LogP contribution < -0.4 is 16.0 Å². The maximum Gasteiger partial charge on any atom is 0.295 e. The van der Waals surface area contributed by atoms with Gasteiger partial charge in [0.2, 0.25) is 0 Å². The summed E-state index contributed by atoms with van der Waals surface area (Å²) in [6.45, 7) is 4.56. The van der Waals surface area contributed by atoms with E-state index in [-0.39, 0.29) is 11.6 Å². The number of benzene rings is 1. The zero-order valence-corrected chi connectivity index (χ0v) is 21.8. The van der Waals surface area contributed by atoms with Crippen LogP contribution >= 0.6 is 11.9 Å². The Labute approximate surface area is 219 Å². The fraction of sp³-hybridized carbons (Fsp3) is 0.407. The van der Waals surface area contributed by atoms with Crippen molar-refractivity contribution >= 4 is 28.9 Å². The van der Waals surface area contributed by atoms with E-state index in [1.54, 1.807) is 12.5 Å². The maximum absolute atomic E-state index is 13.8. The minimum atomic E-state index is -0.158. The predicted octanol–water partition coefficient (Wildman–Crippen LogP) is 4.77. The minimum Gasteiger partial charge on any atom is -0.361 e. The van der Waals surface area contributed by atoms with Crippen molar-refractivity contribution in [2.45, 2.75) is 69.4 Å². The lowest BCUT2D eigenvalue weighted by atomic mass is 9.80. The highest BCUT2D eigenvalue weighted by atomic mass is 32.2. The maximum atomic E-state index is 13.8. The lowest BCUT2D eigenvalue weighted by Gasteiger charge is -2.33. The summed E-state index contributed by atoms with van der Waals surface area (Å²) in [5.41, 5.74) is 4.76. The Morgan fingerprint density at radius 2 is 1.89 bits per heavy atom. The average Bonchev–Trinajstić information content (AvgIpc) is 3.72. The molecule has 0 spiro atoms. The van der Waals surface area contributed by atoms with Gasteiger partial charge >= 0.3 is 0 Å². The Hall–Kier alpha value is -3.37. The summed E-state index contributed by atoms with van der Waals surface area (Å²) in [7, 11) is 0. The van der Waals surface area contributed by atoms with Gasteiger partial charge in [0.05, 0.1) is 23.1 Å². The van der Waals surface area contributed by atoms with E-state index in [1.165, 1.54) is 18.4 Å². The lowest BCUT2D eigenvalue weighted by molar-refractivity contribution is 0.222. The summed E-state index contributed by atoms with van der Waals surface area (Å²) in [5, 5.41) is 8.89. The fourth-order valence-electron chi connectivity index (χ4n) is 5.05. The number of nitrogens with two attached hydrogens (primary N) is 1. The van der Waals surface area contributed by atoms with E-state index >= 15 is 0 Å². The van der Waals surface area contributed by atoms with E-state index in [2.05, 4.69) is 32.2 Å². The first-order valence-electron chi connectivity index (χ1n) is 12.8. The number of nitrogens with one attached hydrogen (secondary N) is 1. The van der Waals surface area contributed by atoms with Crippen LogP contribution in [0.3, 0.4) is 0 Å². The first kappa shape index (κ1) is 24.0. The summed E-state index contributed by atoms with van der Waals surface area (Å²) in [6, 6.07) is 7.93. The molecule has 4 aromatic rings. The highest BCUT2D eigenvalue weighted by molar-refractivity contribution is 7.97. The molecule has 6 rings (SSSR count). The van der Waals surface area contributed by atoms with Crippen molar-refractivity contribution in [3.8, 4) is 11.4 Å². The molecule has 2 fully saturated rings. The molecule has 0 aliphatic heterocycles. The first-order chi connectivity index (χ1) is 18.0. The Balaban J connectivity index is 1.43. The van der Waals surface area contributed by atoms with Gasteiger partial charge < -0.3 is 5.32 Å². The average molecular weight is 515 g/mol. The van der Waals surface area contributed by atoms with Crippen LogP contribution in [-0.4, -0.2) is 29.5 Å². The highest BCUT2D eigenvalue weighted by Crippen LogP contribution is 2.43. The molecule has 37 heavy (non-hydrogen) atoms. The molecular weight excluding hydrogens is 484 g/mol. The number of nitrogens with zero attached hydrogens (tertiary/aromatic N) is 6. The summed E-state index contributed by atoms with van der Waals surface area (Å²) >= 11 is 1.21. The summed E-state index contributed by atoms with van der Waals surface area (Å²) in [6.07, 6.45) is 8.99. The number of hydrogen-bond acceptors (Lipinski definition) is 9. The SMILES string of the molecule is Cc1ncnc(C2CC2)c1-c1ncc2nc(NCc3ccc(SN)cc3)c(=O)n([C@H](C)C3CCC3)c2n1. The van der Waals surface area contributed by atoms with Crippen LogP contribution in [0.2, 0.25) is 0 Å². The van der Waals surface area contributed by atoms with Crippen molar-refractivity contribution < 1.29 is 0 Å². The number of aromatic nitrogens is 6. The molecule has 3 heterocycles. The zero-order chi connectivity index (χ0) is 25.5. The summed E-state index contributed by atoms with van der Waals surface area (Å²) in [4.78, 5) is 38.1. The molecule has 0 radical (unpaired) electrons. The van der Waals surface area contributed by atoms with E-state index in [1.807, 2.05) is 35.8 Å². The molecule has 3 aromatic heterocycles. The first-order valence-corrected chi connectivity index (χ1v) is 13.7. The molecule has 1 atom stereocenters. The van der Waals surface area contributed by atoms with Crippen LogP contribution in [-0.2, 0) is 6.54 Å². The number of rotatable bonds is 8. The van der Waals surface area contributed by atoms with Crippen molar-refractivity contribution in [1.82, 2.24) is 29.5 Å². The molecule has 10 heteroatoms. The van der Waals surface area contributed by atoms with E-state index < -0.39 is 0 Å². The van der Waals surface area contributed by atoms with E-state index in [4.69, 9.17) is 10.1 Å². The molecule has 2 aliphatic rings. The predicted molar refractivity (Wildman–Crippen MR) is 145 cm³/mol. The second kappa shape index (κ2) is 9.83. The van der Waals surface area contributed by atoms with Gasteiger partial charge in [-0.15, -0.1) is 0 Å². The lowest BCUT2D eigenvalue weighted by Crippen LogP contribution is -2.33. The molecule has 190 valence electrons. The van der Waals surface area contributed by atoms with Gasteiger partial charge in [-0.1, -0.05) is 18.6 Å². The molecule has 0 unspecified atom stereocenters. The van der Waals surface area contributed by atoms with Gasteiger partial charge in [0.1, 0.15) is 11.8 Å². The Morgan fingerprint density at radius 1 is 1.11 bits per heavy atom. The van der Waals surface area contributed by atoms with E-state index in [9.17, 15) is 4.79 Å². The third kappa shape index (κ3) is 4.59. The van der Waals surface area contributed by atoms with Crippen molar-refractivity contribution in [2.75, 3.05) is 5.32 Å². The van der Waals surface area contributed by atoms with Gasteiger partial charge in [0.15, 0.2) is 17.3 Å². The van der Waals surface area contributed by atoms with Gasteiger partial charge in [-0.05, 0) is 75.1 Å². The van der Waals surface area contributed by atoms with Gasteiger partial charge in [-0.25, -0.2) is 24.9 Å². The van der Waals surface area contributed by atoms with Crippen molar-refractivity contribution in [1.29, 1.82) is 0 Å². The molecule has 9 nitrogen and oxygen atoms in total. The van der Waals surface area contributed by atoms with Crippen molar-refractivity contribution in [2.24, 2.45) is 11.1 Å². The largest absolute Gasteiger partial charge is 0.361 e. The topological polar surface area (TPSA) is 125 Å². The molecule has 0 amide bonds. The van der Waals surface area contributed by atoms with Crippen LogP contribution in [0, 0.1) is 12.8 Å². The zero-order valence-electron chi connectivity index (χ0n) is 21.0. The van der Waals surface area contributed by atoms with Crippen LogP contribution in [0.15, 0.2) is 46.5 Å². The highest BCUT2D eigenvalue weighted by Gasteiger charge is 2.31. The molecular formula is C27H30N8OS. The van der Waals surface area contributed by atoms with Crippen LogP contribution in [0.5, 0.6) is 0 Å². The van der Waals surface area contributed by atoms with E-state index in [0.29, 0.717) is 41.2 Å². The van der Waals surface area contributed by atoms with Gasteiger partial charge in [0, 0.05) is 23.4 Å². The van der Waals surface area contributed by atoms with Gasteiger partial charge in [-0.3, -0.25) is 14.5 Å². The smallest absolute Gasteiger partial charge is 0.295 e. The normalized spacial score (nSPS) is 16.5. The van der Waals surface area contributed by atoms with Gasteiger partial charge in [0.25, 0.3) is 5.56 Å². The Morgan fingerprint density at radius 3 is 2.57 bits per heavy atom. The Bertz CT molecular complexity index is 1510. The molecule has 2 aliphatic carbocycles. The third-order valence-electron chi connectivity index (χ3n) is 7.64. The third-order valence-corrected chi connectivity index (χ3v) is 8.19. The van der Waals surface area contributed by atoms with Gasteiger partial charge in [-0.2, -0.15) is 0 Å². The minimum absolute atomic E-state index is 0.00642. The fourth-order valence-corrected chi connectivity index (χ4v) is 5.35. The van der Waals surface area contributed by atoms with E-state index in [0.717, 1.165) is 53.1 Å². The number of anilines is 1. The summed E-state index contributed by atoms with van der Waals surface area (Å²) < 4.78 is 1.82. The number of aryl methyl sites for hydroxylation is 1. The Kier molecular flexibility index (Phi) is 6.37. The molecule has 3 N–H and O–H groups in total. The molecule has 1 aromatic carbocycles. The molecule has 0 saturated heterocycles. The summed E-state index contributed by atoms with van der Waals surface area (Å²) in [5.74, 6) is 1.74. The van der Waals surface area contributed by atoms with Crippen molar-refractivity contribution in [3.63, 3.8) is 0 Å². The second-order valence-corrected chi connectivity index (χ2v) is 10.8. The molecule has 0 bridgehead atoms. The van der Waals surface area contributed by atoms with Crippen LogP contribution in [0.25, 0.3) is 22.6 Å². The number of hydrogen-bond donors (Lipinski definition) is 2. The number of fused-ring (bicyclic) bond motifs is 1. The van der Waals surface area contributed by atoms with Crippen molar-refractivity contribution in [3.05, 3.63) is 64.1 Å².